The number of aromatic amines is 2. The maximum absolute atomic E-state index is 5.98. The van der Waals surface area contributed by atoms with Gasteiger partial charge in [0.15, 0.2) is 0 Å². The third-order valence-electron chi connectivity index (χ3n) is 6.62. The first-order valence-corrected chi connectivity index (χ1v) is 12.3. The normalized spacial score (nSPS) is 11.3. The summed E-state index contributed by atoms with van der Waals surface area (Å²) in [6.45, 7) is 0.478. The van der Waals surface area contributed by atoms with Crippen molar-refractivity contribution in [3.8, 4) is 39.5 Å². The molecule has 0 aliphatic carbocycles. The first-order valence-electron chi connectivity index (χ1n) is 12.3. The molecular weight excluding hydrogens is 472 g/mol. The van der Waals surface area contributed by atoms with Gasteiger partial charge in [-0.3, -0.25) is 20.1 Å². The minimum Gasteiger partial charge on any atom is -0.487 e. The molecule has 0 unspecified atom stereocenters. The summed E-state index contributed by atoms with van der Waals surface area (Å²) in [4.78, 5) is 16.8. The van der Waals surface area contributed by atoms with Gasteiger partial charge in [-0.1, -0.05) is 42.5 Å². The first-order chi connectivity index (χ1) is 18.8. The van der Waals surface area contributed by atoms with Crippen molar-refractivity contribution < 1.29 is 4.74 Å². The molecular formula is C31H22N6O. The summed E-state index contributed by atoms with van der Waals surface area (Å²) in [5.74, 6) is 0.694. The summed E-state index contributed by atoms with van der Waals surface area (Å²) >= 11 is 0. The predicted molar refractivity (Wildman–Crippen MR) is 148 cm³/mol. The first kappa shape index (κ1) is 21.9. The van der Waals surface area contributed by atoms with E-state index in [2.05, 4.69) is 54.4 Å². The van der Waals surface area contributed by atoms with E-state index in [1.54, 1.807) is 12.4 Å². The van der Waals surface area contributed by atoms with Gasteiger partial charge in [0.25, 0.3) is 0 Å². The van der Waals surface area contributed by atoms with Crippen molar-refractivity contribution in [1.29, 1.82) is 0 Å². The van der Waals surface area contributed by atoms with Gasteiger partial charge in [-0.15, -0.1) is 0 Å². The van der Waals surface area contributed by atoms with E-state index < -0.39 is 0 Å². The second-order valence-corrected chi connectivity index (χ2v) is 9.06. The lowest BCUT2D eigenvalue weighted by atomic mass is 10.0. The molecule has 5 aromatic heterocycles. The van der Waals surface area contributed by atoms with Crippen LogP contribution in [0.1, 0.15) is 5.56 Å². The lowest BCUT2D eigenvalue weighted by molar-refractivity contribution is 0.305. The highest BCUT2D eigenvalue weighted by Crippen LogP contribution is 2.34. The van der Waals surface area contributed by atoms with Crippen LogP contribution in [0.3, 0.4) is 0 Å². The van der Waals surface area contributed by atoms with Gasteiger partial charge in [-0.2, -0.15) is 5.10 Å². The Morgan fingerprint density at radius 2 is 1.61 bits per heavy atom. The minimum absolute atomic E-state index is 0.478. The van der Waals surface area contributed by atoms with E-state index in [0.29, 0.717) is 12.4 Å². The molecule has 0 fully saturated rings. The minimum atomic E-state index is 0.478. The molecule has 0 atom stereocenters. The molecule has 2 N–H and O–H groups in total. The van der Waals surface area contributed by atoms with Crippen molar-refractivity contribution in [3.63, 3.8) is 0 Å². The van der Waals surface area contributed by atoms with Crippen LogP contribution in [0.2, 0.25) is 0 Å². The molecule has 0 radical (unpaired) electrons. The van der Waals surface area contributed by atoms with Gasteiger partial charge in [0.1, 0.15) is 18.1 Å². The van der Waals surface area contributed by atoms with Crippen LogP contribution in [-0.4, -0.2) is 30.1 Å². The zero-order valence-electron chi connectivity index (χ0n) is 20.3. The van der Waals surface area contributed by atoms with Crippen LogP contribution in [0.4, 0.5) is 0 Å². The van der Waals surface area contributed by atoms with Gasteiger partial charge in [-0.05, 0) is 53.1 Å². The molecule has 5 heterocycles. The third-order valence-corrected chi connectivity index (χ3v) is 6.62. The number of fused-ring (bicyclic) bond motifs is 2. The number of benzene rings is 2. The fourth-order valence-electron chi connectivity index (χ4n) is 4.72. The van der Waals surface area contributed by atoms with Gasteiger partial charge in [0, 0.05) is 40.4 Å². The molecule has 0 saturated carbocycles. The molecule has 0 aliphatic heterocycles. The SMILES string of the molecule is c1ccc(COc2cncc(-c3cc4c(-c5cc6c(-c7ccncc7)cccc6[nH]5)n[nH]c4cn3)c2)cc1. The highest BCUT2D eigenvalue weighted by Gasteiger charge is 2.15. The Morgan fingerprint density at radius 1 is 0.711 bits per heavy atom. The number of rotatable bonds is 6. The van der Waals surface area contributed by atoms with Gasteiger partial charge in [0.2, 0.25) is 0 Å². The maximum atomic E-state index is 5.98. The fourth-order valence-corrected chi connectivity index (χ4v) is 4.72. The Bertz CT molecular complexity index is 1880. The molecule has 182 valence electrons. The number of H-pyrrole nitrogens is 2. The molecule has 38 heavy (non-hydrogen) atoms. The van der Waals surface area contributed by atoms with Crippen molar-refractivity contribution >= 4 is 21.8 Å². The number of aromatic nitrogens is 6. The average Bonchev–Trinajstić information content (AvgIpc) is 3.61. The molecule has 7 heteroatoms. The lowest BCUT2D eigenvalue weighted by Gasteiger charge is -2.08. The van der Waals surface area contributed by atoms with E-state index in [-0.39, 0.29) is 0 Å². The number of hydrogen-bond donors (Lipinski definition) is 2. The van der Waals surface area contributed by atoms with E-state index in [1.165, 1.54) is 0 Å². The molecule has 2 aromatic carbocycles. The smallest absolute Gasteiger partial charge is 0.138 e. The highest BCUT2D eigenvalue weighted by molar-refractivity contribution is 6.01. The van der Waals surface area contributed by atoms with Gasteiger partial charge in [-0.25, -0.2) is 0 Å². The van der Waals surface area contributed by atoms with E-state index >= 15 is 0 Å². The molecule has 0 aliphatic rings. The van der Waals surface area contributed by atoms with Crippen LogP contribution >= 0.6 is 0 Å². The summed E-state index contributed by atoms with van der Waals surface area (Å²) < 4.78 is 5.98. The van der Waals surface area contributed by atoms with Crippen LogP contribution in [0.15, 0.2) is 110 Å². The highest BCUT2D eigenvalue weighted by atomic mass is 16.5. The van der Waals surface area contributed by atoms with Gasteiger partial charge < -0.3 is 9.72 Å². The van der Waals surface area contributed by atoms with Crippen molar-refractivity contribution in [2.45, 2.75) is 6.61 Å². The van der Waals surface area contributed by atoms with Crippen LogP contribution in [0, 0.1) is 0 Å². The van der Waals surface area contributed by atoms with E-state index in [0.717, 1.165) is 61.1 Å². The van der Waals surface area contributed by atoms with Gasteiger partial charge in [0.05, 0.1) is 29.3 Å². The van der Waals surface area contributed by atoms with Crippen molar-refractivity contribution in [1.82, 2.24) is 30.1 Å². The number of nitrogens with zero attached hydrogens (tertiary/aromatic N) is 4. The molecule has 0 spiro atoms. The number of pyridine rings is 3. The zero-order chi connectivity index (χ0) is 25.3. The summed E-state index contributed by atoms with van der Waals surface area (Å²) in [6.07, 6.45) is 8.96. The predicted octanol–water partition coefficient (Wildman–Crippen LogP) is 6.81. The van der Waals surface area contributed by atoms with Crippen molar-refractivity contribution in [2.75, 3.05) is 0 Å². The fraction of sp³-hybridized carbons (Fsp3) is 0.0323. The second-order valence-electron chi connectivity index (χ2n) is 9.06. The number of nitrogens with one attached hydrogen (secondary N) is 2. The van der Waals surface area contributed by atoms with E-state index in [1.807, 2.05) is 73.2 Å². The molecule has 7 nitrogen and oxygen atoms in total. The standard InChI is InChI=1S/C31H22N6O/c1-2-5-20(6-3-1)19-38-23-13-22(16-33-17-23)28-15-26-30(18-34-28)36-37-31(26)29-14-25-24(7-4-8-27(25)35-29)21-9-11-32-12-10-21/h1-18,35H,19H2,(H,36,37). The number of ether oxygens (including phenoxy) is 1. The molecule has 0 amide bonds. The van der Waals surface area contributed by atoms with Crippen LogP contribution < -0.4 is 4.74 Å². The summed E-state index contributed by atoms with van der Waals surface area (Å²) in [7, 11) is 0. The van der Waals surface area contributed by atoms with Gasteiger partial charge >= 0.3 is 0 Å². The topological polar surface area (TPSA) is 92.4 Å². The average molecular weight is 495 g/mol. The largest absolute Gasteiger partial charge is 0.487 e. The molecule has 7 aromatic rings. The Morgan fingerprint density at radius 3 is 2.50 bits per heavy atom. The Balaban J connectivity index is 1.24. The molecule has 0 saturated heterocycles. The van der Waals surface area contributed by atoms with E-state index in [9.17, 15) is 0 Å². The monoisotopic (exact) mass is 494 g/mol. The molecule has 0 bridgehead atoms. The Hall–Kier alpha value is -5.30. The van der Waals surface area contributed by atoms with Crippen LogP contribution in [-0.2, 0) is 6.61 Å². The quantitative estimate of drug-likeness (QED) is 0.265. The van der Waals surface area contributed by atoms with Crippen molar-refractivity contribution in [2.24, 2.45) is 0 Å². The van der Waals surface area contributed by atoms with Crippen LogP contribution in [0.25, 0.3) is 55.6 Å². The van der Waals surface area contributed by atoms with Crippen molar-refractivity contribution in [3.05, 3.63) is 115 Å². The second kappa shape index (κ2) is 9.29. The van der Waals surface area contributed by atoms with E-state index in [4.69, 9.17) is 4.74 Å². The summed E-state index contributed by atoms with van der Waals surface area (Å²) in [5, 5.41) is 9.86. The zero-order valence-corrected chi connectivity index (χ0v) is 20.3. The Kier molecular flexibility index (Phi) is 5.37. The molecule has 7 rings (SSSR count). The summed E-state index contributed by atoms with van der Waals surface area (Å²) in [5.41, 5.74) is 8.73. The summed E-state index contributed by atoms with van der Waals surface area (Å²) in [6, 6.07) is 26.5. The number of hydrogen-bond acceptors (Lipinski definition) is 5. The Labute approximate surface area is 218 Å². The lowest BCUT2D eigenvalue weighted by Crippen LogP contribution is -1.96. The third kappa shape index (κ3) is 4.06. The van der Waals surface area contributed by atoms with Crippen LogP contribution in [0.5, 0.6) is 5.75 Å². The maximum Gasteiger partial charge on any atom is 0.138 e.